The van der Waals surface area contributed by atoms with Gasteiger partial charge in [0.1, 0.15) is 0 Å². The predicted molar refractivity (Wildman–Crippen MR) is 74.9 cm³/mol. The fourth-order valence-electron chi connectivity index (χ4n) is 2.99. The molecule has 3 rings (SSSR count). The number of nitrogens with two attached hydrogens (primary N) is 1. The van der Waals surface area contributed by atoms with E-state index in [2.05, 4.69) is 15.9 Å². The normalized spacial score (nSPS) is 26.7. The van der Waals surface area contributed by atoms with Crippen LogP contribution in [-0.2, 0) is 0 Å². The molecular weight excluding hydrogens is 308 g/mol. The Balaban J connectivity index is 1.98. The number of hydrogen-bond acceptors (Lipinski definition) is 3. The summed E-state index contributed by atoms with van der Waals surface area (Å²) in [6.45, 7) is 0. The zero-order valence-electron chi connectivity index (χ0n) is 10.4. The molecule has 2 atom stereocenters. The smallest absolute Gasteiger partial charge is 0.261 e. The first kappa shape index (κ1) is 12.8. The van der Waals surface area contributed by atoms with Gasteiger partial charge in [0.2, 0.25) is 0 Å². The number of halogens is 1. The summed E-state index contributed by atoms with van der Waals surface area (Å²) < 4.78 is 0.808. The lowest BCUT2D eigenvalue weighted by Crippen LogP contribution is -2.51. The Kier molecular flexibility index (Phi) is 3.19. The zero-order valence-corrected chi connectivity index (χ0v) is 12.0. The quantitative estimate of drug-likeness (QED) is 0.807. The second-order valence-electron chi connectivity index (χ2n) is 5.19. The summed E-state index contributed by atoms with van der Waals surface area (Å²) in [6.07, 6.45) is 3.79. The van der Waals surface area contributed by atoms with E-state index in [4.69, 9.17) is 5.73 Å². The van der Waals surface area contributed by atoms with Crippen molar-refractivity contribution in [1.29, 1.82) is 0 Å². The van der Waals surface area contributed by atoms with Gasteiger partial charge in [0.05, 0.1) is 17.2 Å². The van der Waals surface area contributed by atoms with Crippen LogP contribution in [0.4, 0.5) is 0 Å². The molecule has 4 nitrogen and oxygen atoms in total. The average Bonchev–Trinajstić information content (AvgIpc) is 2.63. The Labute approximate surface area is 120 Å². The van der Waals surface area contributed by atoms with Crippen LogP contribution in [0.2, 0.25) is 0 Å². The number of hydrogen-bond donors (Lipinski definition) is 1. The maximum atomic E-state index is 12.4. The van der Waals surface area contributed by atoms with Gasteiger partial charge in [0.25, 0.3) is 11.8 Å². The summed E-state index contributed by atoms with van der Waals surface area (Å²) in [5.41, 5.74) is 7.07. The lowest BCUT2D eigenvalue weighted by atomic mass is 9.90. The number of imide groups is 1. The molecule has 19 heavy (non-hydrogen) atoms. The minimum absolute atomic E-state index is 0.0978. The van der Waals surface area contributed by atoms with Crippen molar-refractivity contribution in [3.63, 3.8) is 0 Å². The first-order valence-electron chi connectivity index (χ1n) is 6.52. The summed E-state index contributed by atoms with van der Waals surface area (Å²) >= 11 is 3.33. The number of rotatable bonds is 1. The third-order valence-corrected chi connectivity index (χ3v) is 4.49. The molecule has 1 aliphatic heterocycles. The fourth-order valence-corrected chi connectivity index (χ4v) is 3.35. The third-order valence-electron chi connectivity index (χ3n) is 3.99. The van der Waals surface area contributed by atoms with Crippen molar-refractivity contribution in [2.75, 3.05) is 0 Å². The van der Waals surface area contributed by atoms with Crippen molar-refractivity contribution in [3.8, 4) is 0 Å². The molecular formula is C14H15BrN2O2. The van der Waals surface area contributed by atoms with Crippen LogP contribution < -0.4 is 5.73 Å². The molecule has 1 aliphatic carbocycles. The van der Waals surface area contributed by atoms with Gasteiger partial charge in [-0.25, -0.2) is 0 Å². The molecule has 0 unspecified atom stereocenters. The van der Waals surface area contributed by atoms with Gasteiger partial charge in [-0.2, -0.15) is 0 Å². The van der Waals surface area contributed by atoms with E-state index in [1.54, 1.807) is 18.2 Å². The molecule has 5 heteroatoms. The van der Waals surface area contributed by atoms with Crippen molar-refractivity contribution >= 4 is 27.7 Å². The standard InChI is InChI=1S/C14H15BrN2O2/c15-8-5-6-9-10(7-8)14(19)17(13(9)18)12-4-2-1-3-11(12)16/h5-7,11-12H,1-4,16H2/t11-,12-/m1/s1. The van der Waals surface area contributed by atoms with Crippen molar-refractivity contribution in [2.24, 2.45) is 5.73 Å². The third kappa shape index (κ3) is 2.01. The molecule has 1 saturated carbocycles. The van der Waals surface area contributed by atoms with Gasteiger partial charge in [0, 0.05) is 10.5 Å². The van der Waals surface area contributed by atoms with Crippen LogP contribution in [0.5, 0.6) is 0 Å². The van der Waals surface area contributed by atoms with Crippen LogP contribution in [0.25, 0.3) is 0 Å². The molecule has 0 radical (unpaired) electrons. The van der Waals surface area contributed by atoms with Crippen molar-refractivity contribution in [1.82, 2.24) is 4.90 Å². The molecule has 100 valence electrons. The number of carbonyl (C=O) groups is 2. The Morgan fingerprint density at radius 2 is 1.79 bits per heavy atom. The van der Waals surface area contributed by atoms with Gasteiger partial charge in [-0.1, -0.05) is 28.8 Å². The molecule has 1 heterocycles. The van der Waals surface area contributed by atoms with E-state index in [0.717, 1.165) is 30.2 Å². The Bertz CT molecular complexity index is 558. The van der Waals surface area contributed by atoms with Crippen LogP contribution in [0.1, 0.15) is 46.4 Å². The van der Waals surface area contributed by atoms with Crippen molar-refractivity contribution in [3.05, 3.63) is 33.8 Å². The van der Waals surface area contributed by atoms with Gasteiger partial charge in [-0.3, -0.25) is 14.5 Å². The van der Waals surface area contributed by atoms with Crippen LogP contribution in [0.15, 0.2) is 22.7 Å². The largest absolute Gasteiger partial charge is 0.326 e. The minimum Gasteiger partial charge on any atom is -0.326 e. The lowest BCUT2D eigenvalue weighted by Gasteiger charge is -2.34. The van der Waals surface area contributed by atoms with E-state index in [-0.39, 0.29) is 23.9 Å². The average molecular weight is 323 g/mol. The maximum absolute atomic E-state index is 12.4. The van der Waals surface area contributed by atoms with Crippen LogP contribution in [-0.4, -0.2) is 28.8 Å². The van der Waals surface area contributed by atoms with Crippen molar-refractivity contribution in [2.45, 2.75) is 37.8 Å². The summed E-state index contributed by atoms with van der Waals surface area (Å²) in [6, 6.07) is 4.95. The number of nitrogens with zero attached hydrogens (tertiary/aromatic N) is 1. The number of fused-ring (bicyclic) bond motifs is 1. The van der Waals surface area contributed by atoms with E-state index < -0.39 is 0 Å². The Hall–Kier alpha value is -1.20. The maximum Gasteiger partial charge on any atom is 0.261 e. The fraction of sp³-hybridized carbons (Fsp3) is 0.429. The minimum atomic E-state index is -0.205. The van der Waals surface area contributed by atoms with Crippen LogP contribution >= 0.6 is 15.9 Å². The van der Waals surface area contributed by atoms with E-state index in [0.29, 0.717) is 11.1 Å². The Morgan fingerprint density at radius 3 is 2.53 bits per heavy atom. The second-order valence-corrected chi connectivity index (χ2v) is 6.10. The van der Waals surface area contributed by atoms with Gasteiger partial charge in [-0.15, -0.1) is 0 Å². The molecule has 1 fully saturated rings. The number of amides is 2. The summed E-state index contributed by atoms with van der Waals surface area (Å²) in [5.74, 6) is -0.404. The highest BCUT2D eigenvalue weighted by Crippen LogP contribution is 2.31. The SMILES string of the molecule is N[C@@H]1CCCC[C@H]1N1C(=O)c2ccc(Br)cc2C1=O. The highest BCUT2D eigenvalue weighted by atomic mass is 79.9. The zero-order chi connectivity index (χ0) is 13.6. The number of carbonyl (C=O) groups excluding carboxylic acids is 2. The van der Waals surface area contributed by atoms with Crippen LogP contribution in [0.3, 0.4) is 0 Å². The molecule has 0 saturated heterocycles. The van der Waals surface area contributed by atoms with E-state index in [9.17, 15) is 9.59 Å². The molecule has 2 N–H and O–H groups in total. The highest BCUT2D eigenvalue weighted by Gasteiger charge is 2.42. The molecule has 2 amide bonds. The van der Waals surface area contributed by atoms with E-state index in [1.807, 2.05) is 0 Å². The van der Waals surface area contributed by atoms with Crippen molar-refractivity contribution < 1.29 is 9.59 Å². The molecule has 2 aliphatic rings. The molecule has 0 aromatic heterocycles. The predicted octanol–water partition coefficient (Wildman–Crippen LogP) is 2.32. The molecule has 0 spiro atoms. The second kappa shape index (κ2) is 4.72. The molecule has 1 aromatic rings. The Morgan fingerprint density at radius 1 is 1.11 bits per heavy atom. The first-order chi connectivity index (χ1) is 9.09. The van der Waals surface area contributed by atoms with Gasteiger partial charge in [0.15, 0.2) is 0 Å². The summed E-state index contributed by atoms with van der Waals surface area (Å²) in [5, 5.41) is 0. The first-order valence-corrected chi connectivity index (χ1v) is 7.32. The van der Waals surface area contributed by atoms with Gasteiger partial charge >= 0.3 is 0 Å². The summed E-state index contributed by atoms with van der Waals surface area (Å²) in [4.78, 5) is 26.2. The lowest BCUT2D eigenvalue weighted by molar-refractivity contribution is 0.0525. The number of benzene rings is 1. The highest BCUT2D eigenvalue weighted by molar-refractivity contribution is 9.10. The monoisotopic (exact) mass is 322 g/mol. The topological polar surface area (TPSA) is 63.4 Å². The van der Waals surface area contributed by atoms with E-state index >= 15 is 0 Å². The van der Waals surface area contributed by atoms with Gasteiger partial charge < -0.3 is 5.73 Å². The van der Waals surface area contributed by atoms with Gasteiger partial charge in [-0.05, 0) is 31.0 Å². The molecule has 0 bridgehead atoms. The molecule has 1 aromatic carbocycles. The summed E-state index contributed by atoms with van der Waals surface area (Å²) in [7, 11) is 0. The van der Waals surface area contributed by atoms with Crippen LogP contribution in [0, 0.1) is 0 Å². The van der Waals surface area contributed by atoms with E-state index in [1.165, 1.54) is 4.90 Å².